The van der Waals surface area contributed by atoms with Crippen LogP contribution >= 0.6 is 11.6 Å². The van der Waals surface area contributed by atoms with E-state index in [2.05, 4.69) is 15.2 Å². The minimum atomic E-state index is 0.0361. The fourth-order valence-corrected chi connectivity index (χ4v) is 3.36. The number of phenols is 1. The highest BCUT2D eigenvalue weighted by Crippen LogP contribution is 2.33. The number of halogens is 1. The van der Waals surface area contributed by atoms with Crippen molar-refractivity contribution in [2.24, 2.45) is 0 Å². The normalized spacial score (nSPS) is 17.8. The van der Waals surface area contributed by atoms with Crippen LogP contribution < -0.4 is 4.90 Å². The van der Waals surface area contributed by atoms with Gasteiger partial charge in [0.05, 0.1) is 18.2 Å². The molecule has 124 valence electrons. The summed E-state index contributed by atoms with van der Waals surface area (Å²) in [4.78, 5) is 6.44. The highest BCUT2D eigenvalue weighted by atomic mass is 35.5. The number of aliphatic hydroxyl groups is 1. The van der Waals surface area contributed by atoms with Gasteiger partial charge in [0, 0.05) is 24.0 Å². The van der Waals surface area contributed by atoms with Gasteiger partial charge in [-0.15, -0.1) is 10.2 Å². The maximum Gasteiger partial charge on any atom is 0.195 e. The van der Waals surface area contributed by atoms with E-state index in [4.69, 9.17) is 11.6 Å². The molecule has 2 N–H and O–H groups in total. The molecule has 1 aliphatic rings. The van der Waals surface area contributed by atoms with Crippen LogP contribution in [0.3, 0.4) is 0 Å². The first-order chi connectivity index (χ1) is 11.7. The Morgan fingerprint density at radius 2 is 2.17 bits per heavy atom. The fourth-order valence-electron chi connectivity index (χ4n) is 3.20. The number of rotatable bonds is 3. The first-order valence-corrected chi connectivity index (χ1v) is 8.13. The predicted molar refractivity (Wildman–Crippen MR) is 90.3 cm³/mol. The van der Waals surface area contributed by atoms with E-state index in [1.165, 1.54) is 6.07 Å². The van der Waals surface area contributed by atoms with Crippen molar-refractivity contribution in [2.75, 3.05) is 18.1 Å². The summed E-state index contributed by atoms with van der Waals surface area (Å²) in [5.41, 5.74) is 1.18. The maximum atomic E-state index is 10.2. The number of benzene rings is 1. The van der Waals surface area contributed by atoms with Gasteiger partial charge in [-0.05, 0) is 31.0 Å². The molecule has 0 radical (unpaired) electrons. The van der Waals surface area contributed by atoms with Gasteiger partial charge in [0.25, 0.3) is 0 Å². The highest BCUT2D eigenvalue weighted by Gasteiger charge is 2.28. The van der Waals surface area contributed by atoms with Crippen molar-refractivity contribution in [3.05, 3.63) is 35.6 Å². The predicted octanol–water partition coefficient (Wildman–Crippen LogP) is 2.11. The number of anilines is 1. The molecule has 3 aromatic rings. The third-order valence-corrected chi connectivity index (χ3v) is 4.60. The Hall–Kier alpha value is -2.38. The van der Waals surface area contributed by atoms with Crippen LogP contribution in [0.25, 0.3) is 17.0 Å². The molecule has 0 saturated carbocycles. The number of nitrogens with zero attached hydrogens (tertiary/aromatic N) is 5. The summed E-state index contributed by atoms with van der Waals surface area (Å²) < 4.78 is 1.79. The number of aromatic hydroxyl groups is 1. The summed E-state index contributed by atoms with van der Waals surface area (Å²) in [6.07, 6.45) is 5.37. The molecule has 2 aromatic heterocycles. The molecule has 0 aliphatic carbocycles. The van der Waals surface area contributed by atoms with E-state index in [9.17, 15) is 10.2 Å². The zero-order valence-corrected chi connectivity index (χ0v) is 13.6. The Morgan fingerprint density at radius 1 is 1.29 bits per heavy atom. The minimum Gasteiger partial charge on any atom is -0.507 e. The summed E-state index contributed by atoms with van der Waals surface area (Å²) >= 11 is 5.90. The van der Waals surface area contributed by atoms with Crippen LogP contribution in [0.4, 0.5) is 5.82 Å². The smallest absolute Gasteiger partial charge is 0.195 e. The lowest BCUT2D eigenvalue weighted by Gasteiger charge is -2.24. The molecule has 1 aliphatic heterocycles. The third-order valence-electron chi connectivity index (χ3n) is 4.37. The van der Waals surface area contributed by atoms with E-state index in [0.29, 0.717) is 27.9 Å². The molecular weight excluding hydrogens is 330 g/mol. The molecule has 1 saturated heterocycles. The Bertz CT molecular complexity index is 897. The monoisotopic (exact) mass is 345 g/mol. The first-order valence-electron chi connectivity index (χ1n) is 7.75. The fraction of sp³-hybridized carbons (Fsp3) is 0.312. The van der Waals surface area contributed by atoms with E-state index in [0.717, 1.165) is 19.4 Å². The third kappa shape index (κ3) is 2.37. The lowest BCUT2D eigenvalue weighted by atomic mass is 10.2. The second kappa shape index (κ2) is 5.92. The standard InChI is InChI=1S/C16H16ClN5O2/c17-10-3-4-12(13(24)8-10)14-19-20-16(15-18-5-7-22(14)15)21-6-1-2-11(21)9-23/h3-5,7-8,11,23-24H,1-2,6,9H2/t11-/m0/s1. The number of aliphatic hydroxyl groups excluding tert-OH is 1. The summed E-state index contributed by atoms with van der Waals surface area (Å²) in [7, 11) is 0. The van der Waals surface area contributed by atoms with Crippen LogP contribution in [0, 0.1) is 0 Å². The van der Waals surface area contributed by atoms with Gasteiger partial charge in [0.1, 0.15) is 5.75 Å². The van der Waals surface area contributed by atoms with Crippen LogP contribution in [0.5, 0.6) is 5.75 Å². The van der Waals surface area contributed by atoms with Gasteiger partial charge in [-0.1, -0.05) is 11.6 Å². The van der Waals surface area contributed by atoms with Crippen molar-refractivity contribution in [3.8, 4) is 17.1 Å². The molecule has 0 unspecified atom stereocenters. The molecule has 0 spiro atoms. The van der Waals surface area contributed by atoms with Crippen molar-refractivity contribution < 1.29 is 10.2 Å². The van der Waals surface area contributed by atoms with Gasteiger partial charge < -0.3 is 15.1 Å². The van der Waals surface area contributed by atoms with Crippen molar-refractivity contribution in [1.29, 1.82) is 0 Å². The van der Waals surface area contributed by atoms with E-state index in [-0.39, 0.29) is 18.4 Å². The number of fused-ring (bicyclic) bond motifs is 1. The number of aromatic nitrogens is 4. The Morgan fingerprint density at radius 3 is 2.96 bits per heavy atom. The highest BCUT2D eigenvalue weighted by molar-refractivity contribution is 6.30. The quantitative estimate of drug-likeness (QED) is 0.756. The Kier molecular flexibility index (Phi) is 3.74. The van der Waals surface area contributed by atoms with Crippen molar-refractivity contribution in [2.45, 2.75) is 18.9 Å². The van der Waals surface area contributed by atoms with Crippen molar-refractivity contribution in [1.82, 2.24) is 19.6 Å². The largest absolute Gasteiger partial charge is 0.507 e. The summed E-state index contributed by atoms with van der Waals surface area (Å²) in [6.45, 7) is 0.891. The molecule has 1 aromatic carbocycles. The van der Waals surface area contributed by atoms with E-state index >= 15 is 0 Å². The van der Waals surface area contributed by atoms with Gasteiger partial charge in [-0.2, -0.15) is 0 Å². The lowest BCUT2D eigenvalue weighted by Crippen LogP contribution is -2.33. The molecule has 1 fully saturated rings. The average molecular weight is 346 g/mol. The van der Waals surface area contributed by atoms with Crippen molar-refractivity contribution >= 4 is 23.1 Å². The molecule has 8 heteroatoms. The zero-order valence-electron chi connectivity index (χ0n) is 12.8. The molecule has 1 atom stereocenters. The second-order valence-corrected chi connectivity index (χ2v) is 6.24. The van der Waals surface area contributed by atoms with Crippen LogP contribution in [-0.4, -0.2) is 49.0 Å². The first kappa shape index (κ1) is 15.2. The van der Waals surface area contributed by atoms with Gasteiger partial charge >= 0.3 is 0 Å². The number of phenolic OH excluding ortho intramolecular Hbond substituents is 1. The van der Waals surface area contributed by atoms with Gasteiger partial charge in [0.15, 0.2) is 17.3 Å². The van der Waals surface area contributed by atoms with E-state index in [1.54, 1.807) is 28.9 Å². The summed E-state index contributed by atoms with van der Waals surface area (Å²) in [6, 6.07) is 4.90. The van der Waals surface area contributed by atoms with Crippen LogP contribution in [0.2, 0.25) is 5.02 Å². The lowest BCUT2D eigenvalue weighted by molar-refractivity contribution is 0.266. The van der Waals surface area contributed by atoms with E-state index in [1.807, 2.05) is 4.90 Å². The molecule has 0 bridgehead atoms. The van der Waals surface area contributed by atoms with E-state index < -0.39 is 0 Å². The number of imidazole rings is 1. The van der Waals surface area contributed by atoms with Crippen LogP contribution in [-0.2, 0) is 0 Å². The average Bonchev–Trinajstić information content (AvgIpc) is 3.23. The molecule has 7 nitrogen and oxygen atoms in total. The van der Waals surface area contributed by atoms with Crippen molar-refractivity contribution in [3.63, 3.8) is 0 Å². The zero-order chi connectivity index (χ0) is 16.7. The number of hydrogen-bond donors (Lipinski definition) is 2. The molecule has 3 heterocycles. The summed E-state index contributed by atoms with van der Waals surface area (Å²) in [5.74, 6) is 1.17. The van der Waals surface area contributed by atoms with Crippen LogP contribution in [0.1, 0.15) is 12.8 Å². The molecule has 4 rings (SSSR count). The SMILES string of the molecule is OC[C@@H]1CCCN1c1nnc(-c2ccc(Cl)cc2O)n2ccnc12. The number of hydrogen-bond acceptors (Lipinski definition) is 6. The summed E-state index contributed by atoms with van der Waals surface area (Å²) in [5, 5.41) is 28.8. The molecule has 0 amide bonds. The van der Waals surface area contributed by atoms with Gasteiger partial charge in [-0.25, -0.2) is 4.98 Å². The topological polar surface area (TPSA) is 86.8 Å². The maximum absolute atomic E-state index is 10.2. The van der Waals surface area contributed by atoms with Crippen LogP contribution in [0.15, 0.2) is 30.6 Å². The molecular formula is C16H16ClN5O2. The Labute approximate surface area is 143 Å². The van der Waals surface area contributed by atoms with Gasteiger partial charge in [-0.3, -0.25) is 4.40 Å². The molecule has 24 heavy (non-hydrogen) atoms. The van der Waals surface area contributed by atoms with Gasteiger partial charge in [0.2, 0.25) is 0 Å². The minimum absolute atomic E-state index is 0.0361. The second-order valence-electron chi connectivity index (χ2n) is 5.80. The Balaban J connectivity index is 1.86.